The van der Waals surface area contributed by atoms with Gasteiger partial charge in [0.15, 0.2) is 0 Å². The maximum atomic E-state index is 11.2. The van der Waals surface area contributed by atoms with Gasteiger partial charge in [-0.15, -0.1) is 0 Å². The number of halogens is 1. The van der Waals surface area contributed by atoms with Crippen molar-refractivity contribution >= 4 is 39.4 Å². The second kappa shape index (κ2) is 4.21. The Balaban J connectivity index is 2.52. The Bertz CT molecular complexity index is 827. The molecule has 0 aliphatic heterocycles. The lowest BCUT2D eigenvalue weighted by Crippen LogP contribution is -1.99. The lowest BCUT2D eigenvalue weighted by molar-refractivity contribution is 0.0699. The summed E-state index contributed by atoms with van der Waals surface area (Å²) in [5, 5.41) is 11.5. The fourth-order valence-electron chi connectivity index (χ4n) is 2.22. The summed E-state index contributed by atoms with van der Waals surface area (Å²) >= 11 is 6.18. The molecule has 19 heavy (non-hydrogen) atoms. The van der Waals surface area contributed by atoms with E-state index in [1.165, 1.54) is 0 Å². The number of pyridine rings is 1. The van der Waals surface area contributed by atoms with E-state index in [1.54, 1.807) is 12.1 Å². The van der Waals surface area contributed by atoms with E-state index in [0.717, 1.165) is 21.9 Å². The largest absolute Gasteiger partial charge is 0.478 e. The first-order chi connectivity index (χ1) is 9.08. The lowest BCUT2D eigenvalue weighted by Gasteiger charge is -2.07. The number of para-hydroxylation sites is 1. The van der Waals surface area contributed by atoms with E-state index in [4.69, 9.17) is 11.6 Å². The number of carbonyl (C=O) groups is 1. The van der Waals surface area contributed by atoms with E-state index in [9.17, 15) is 9.90 Å². The van der Waals surface area contributed by atoms with E-state index in [-0.39, 0.29) is 5.56 Å². The Hall–Kier alpha value is -2.13. The van der Waals surface area contributed by atoms with Crippen molar-refractivity contribution in [3.8, 4) is 0 Å². The number of aromatic carboxylic acids is 1. The molecule has 3 aromatic rings. The Kier molecular flexibility index (Phi) is 2.64. The fourth-order valence-corrected chi connectivity index (χ4v) is 2.43. The number of aromatic nitrogens is 1. The van der Waals surface area contributed by atoms with E-state index in [0.29, 0.717) is 10.5 Å². The molecule has 3 nitrogen and oxygen atoms in total. The van der Waals surface area contributed by atoms with Crippen LogP contribution in [0.4, 0.5) is 0 Å². The number of aryl methyl sites for hydroxylation is 1. The second-order valence-corrected chi connectivity index (χ2v) is 4.84. The molecule has 0 unspecified atom stereocenters. The quantitative estimate of drug-likeness (QED) is 0.679. The summed E-state index contributed by atoms with van der Waals surface area (Å²) in [4.78, 5) is 15.7. The summed E-state index contributed by atoms with van der Waals surface area (Å²) < 4.78 is 0. The zero-order chi connectivity index (χ0) is 13.6. The normalized spacial score (nSPS) is 11.1. The zero-order valence-corrected chi connectivity index (χ0v) is 10.9. The summed E-state index contributed by atoms with van der Waals surface area (Å²) in [6, 6.07) is 10.7. The smallest absolute Gasteiger partial charge is 0.337 e. The molecule has 2 aromatic carbocycles. The number of rotatable bonds is 1. The van der Waals surface area contributed by atoms with Crippen LogP contribution in [0.25, 0.3) is 21.8 Å². The molecule has 3 rings (SSSR count). The van der Waals surface area contributed by atoms with Crippen LogP contribution in [0.1, 0.15) is 15.9 Å². The standard InChI is InChI=1S/C15H10ClNO2/c1-8-5-6-12(16)11-7-9-3-2-4-10(15(18)19)14(9)17-13(8)11/h2-7H,1H3,(H,18,19). The summed E-state index contributed by atoms with van der Waals surface area (Å²) in [6.07, 6.45) is 0. The summed E-state index contributed by atoms with van der Waals surface area (Å²) in [6.45, 7) is 1.93. The highest BCUT2D eigenvalue weighted by Gasteiger charge is 2.12. The van der Waals surface area contributed by atoms with Gasteiger partial charge in [0.25, 0.3) is 0 Å². The van der Waals surface area contributed by atoms with Crippen molar-refractivity contribution in [2.45, 2.75) is 6.92 Å². The van der Waals surface area contributed by atoms with Crippen LogP contribution in [0.15, 0.2) is 36.4 Å². The van der Waals surface area contributed by atoms with Crippen molar-refractivity contribution in [1.82, 2.24) is 4.98 Å². The van der Waals surface area contributed by atoms with Crippen LogP contribution in [0.5, 0.6) is 0 Å². The van der Waals surface area contributed by atoms with Crippen molar-refractivity contribution in [2.24, 2.45) is 0 Å². The molecular formula is C15H10ClNO2. The van der Waals surface area contributed by atoms with Gasteiger partial charge in [0.2, 0.25) is 0 Å². The third-order valence-corrected chi connectivity index (χ3v) is 3.52. The first kappa shape index (κ1) is 11.9. The number of carboxylic acids is 1. The van der Waals surface area contributed by atoms with Gasteiger partial charge in [0, 0.05) is 15.8 Å². The molecule has 0 saturated carbocycles. The van der Waals surface area contributed by atoms with Crippen molar-refractivity contribution in [1.29, 1.82) is 0 Å². The molecular weight excluding hydrogens is 262 g/mol. The van der Waals surface area contributed by atoms with Crippen LogP contribution in [-0.2, 0) is 0 Å². The summed E-state index contributed by atoms with van der Waals surface area (Å²) in [5.74, 6) is -0.975. The molecule has 0 aliphatic carbocycles. The average Bonchev–Trinajstić information content (AvgIpc) is 2.40. The molecule has 4 heteroatoms. The molecule has 0 spiro atoms. The van der Waals surface area contributed by atoms with Crippen LogP contribution >= 0.6 is 11.6 Å². The van der Waals surface area contributed by atoms with Gasteiger partial charge >= 0.3 is 5.97 Å². The molecule has 0 saturated heterocycles. The first-order valence-corrected chi connectivity index (χ1v) is 6.17. The monoisotopic (exact) mass is 271 g/mol. The topological polar surface area (TPSA) is 50.2 Å². The Morgan fingerprint density at radius 3 is 2.74 bits per heavy atom. The van der Waals surface area contributed by atoms with Gasteiger partial charge in [-0.3, -0.25) is 0 Å². The highest BCUT2D eigenvalue weighted by atomic mass is 35.5. The zero-order valence-electron chi connectivity index (χ0n) is 10.1. The van der Waals surface area contributed by atoms with Gasteiger partial charge in [0.05, 0.1) is 16.6 Å². The number of carboxylic acid groups (broad SMARTS) is 1. The van der Waals surface area contributed by atoms with Crippen molar-refractivity contribution < 1.29 is 9.90 Å². The number of nitrogens with zero attached hydrogens (tertiary/aromatic N) is 1. The Morgan fingerprint density at radius 1 is 1.21 bits per heavy atom. The van der Waals surface area contributed by atoms with Crippen molar-refractivity contribution in [3.63, 3.8) is 0 Å². The molecule has 1 aromatic heterocycles. The van der Waals surface area contributed by atoms with Gasteiger partial charge < -0.3 is 5.11 Å². The van der Waals surface area contributed by atoms with Crippen LogP contribution in [0.3, 0.4) is 0 Å². The number of benzene rings is 2. The van der Waals surface area contributed by atoms with Crippen LogP contribution < -0.4 is 0 Å². The van der Waals surface area contributed by atoms with E-state index < -0.39 is 5.97 Å². The molecule has 0 atom stereocenters. The van der Waals surface area contributed by atoms with Crippen LogP contribution in [0.2, 0.25) is 5.02 Å². The van der Waals surface area contributed by atoms with E-state index in [2.05, 4.69) is 4.98 Å². The van der Waals surface area contributed by atoms with Gasteiger partial charge in [-0.2, -0.15) is 0 Å². The highest BCUT2D eigenvalue weighted by molar-refractivity contribution is 6.35. The molecule has 0 amide bonds. The third-order valence-electron chi connectivity index (χ3n) is 3.19. The second-order valence-electron chi connectivity index (χ2n) is 4.43. The molecule has 1 N–H and O–H groups in total. The minimum atomic E-state index is -0.975. The minimum absolute atomic E-state index is 0.207. The first-order valence-electron chi connectivity index (χ1n) is 5.80. The number of hydrogen-bond acceptors (Lipinski definition) is 2. The van der Waals surface area contributed by atoms with Gasteiger partial charge in [0.1, 0.15) is 0 Å². The van der Waals surface area contributed by atoms with Crippen molar-refractivity contribution in [3.05, 3.63) is 52.5 Å². The maximum absolute atomic E-state index is 11.2. The SMILES string of the molecule is Cc1ccc(Cl)c2cc3cccc(C(=O)O)c3nc12. The maximum Gasteiger partial charge on any atom is 0.337 e. The molecule has 0 radical (unpaired) electrons. The molecule has 0 fully saturated rings. The van der Waals surface area contributed by atoms with Gasteiger partial charge in [-0.1, -0.05) is 29.8 Å². The van der Waals surface area contributed by atoms with E-state index in [1.807, 2.05) is 31.2 Å². The molecule has 94 valence electrons. The third kappa shape index (κ3) is 1.83. The average molecular weight is 272 g/mol. The van der Waals surface area contributed by atoms with Crippen LogP contribution in [0, 0.1) is 6.92 Å². The Morgan fingerprint density at radius 2 is 2.00 bits per heavy atom. The molecule has 0 aliphatic rings. The molecule has 0 bridgehead atoms. The predicted molar refractivity (Wildman–Crippen MR) is 76.0 cm³/mol. The van der Waals surface area contributed by atoms with Gasteiger partial charge in [-0.05, 0) is 30.7 Å². The summed E-state index contributed by atoms with van der Waals surface area (Å²) in [7, 11) is 0. The van der Waals surface area contributed by atoms with Gasteiger partial charge in [-0.25, -0.2) is 9.78 Å². The van der Waals surface area contributed by atoms with E-state index >= 15 is 0 Å². The number of hydrogen-bond donors (Lipinski definition) is 1. The highest BCUT2D eigenvalue weighted by Crippen LogP contribution is 2.29. The minimum Gasteiger partial charge on any atom is -0.478 e. The Labute approximate surface area is 114 Å². The fraction of sp³-hybridized carbons (Fsp3) is 0.0667. The number of fused-ring (bicyclic) bond motifs is 2. The predicted octanol–water partition coefficient (Wildman–Crippen LogP) is 4.05. The van der Waals surface area contributed by atoms with Crippen LogP contribution in [-0.4, -0.2) is 16.1 Å². The molecule has 1 heterocycles. The van der Waals surface area contributed by atoms with Crippen molar-refractivity contribution in [2.75, 3.05) is 0 Å². The lowest BCUT2D eigenvalue weighted by atomic mass is 10.0. The summed E-state index contributed by atoms with van der Waals surface area (Å²) in [5.41, 5.74) is 2.42.